The highest BCUT2D eigenvalue weighted by Gasteiger charge is 2.20. The molecule has 0 saturated carbocycles. The van der Waals surface area contributed by atoms with Crippen molar-refractivity contribution < 1.29 is 9.90 Å². The Kier molecular flexibility index (Phi) is 3.13. The molecule has 0 amide bonds. The van der Waals surface area contributed by atoms with Crippen molar-refractivity contribution in [1.29, 1.82) is 0 Å². The van der Waals surface area contributed by atoms with Gasteiger partial charge < -0.3 is 10.4 Å². The minimum Gasteiger partial charge on any atom is -0.480 e. The number of carbonyl (C=O) groups is 1. The van der Waals surface area contributed by atoms with E-state index in [-0.39, 0.29) is 5.54 Å². The Balaban J connectivity index is 2.48. The average Bonchev–Trinajstić information content (AvgIpc) is 2.73. The van der Waals surface area contributed by atoms with Gasteiger partial charge in [-0.25, -0.2) is 14.6 Å². The van der Waals surface area contributed by atoms with Crippen LogP contribution in [0.4, 0.5) is 5.82 Å². The number of fused-ring (bicyclic) bond motifs is 1. The van der Waals surface area contributed by atoms with Gasteiger partial charge in [-0.3, -0.25) is 4.79 Å². The molecule has 0 spiro atoms. The van der Waals surface area contributed by atoms with Crippen LogP contribution >= 0.6 is 0 Å². The summed E-state index contributed by atoms with van der Waals surface area (Å²) in [6.45, 7) is 7.63. The first kappa shape index (κ1) is 13.3. The van der Waals surface area contributed by atoms with Crippen molar-refractivity contribution in [2.45, 2.75) is 39.3 Å². The Labute approximate surface area is 110 Å². The predicted octanol–water partition coefficient (Wildman–Crippen LogP) is 1.47. The molecule has 0 aliphatic heterocycles. The summed E-state index contributed by atoms with van der Waals surface area (Å²) >= 11 is 0. The minimum atomic E-state index is -0.935. The van der Waals surface area contributed by atoms with Crippen LogP contribution in [-0.4, -0.2) is 36.9 Å². The fourth-order valence-electron chi connectivity index (χ4n) is 1.72. The lowest BCUT2D eigenvalue weighted by Crippen LogP contribution is -2.26. The highest BCUT2D eigenvalue weighted by molar-refractivity contribution is 5.88. The van der Waals surface area contributed by atoms with E-state index in [4.69, 9.17) is 5.11 Å². The van der Waals surface area contributed by atoms with Crippen LogP contribution in [0.15, 0.2) is 12.5 Å². The van der Waals surface area contributed by atoms with Crippen LogP contribution in [0.3, 0.4) is 0 Å². The molecule has 0 aliphatic rings. The maximum absolute atomic E-state index is 10.9. The lowest BCUT2D eigenvalue weighted by molar-refractivity contribution is -0.137. The molecule has 2 heterocycles. The molecule has 102 valence electrons. The molecule has 0 radical (unpaired) electrons. The number of aliphatic carboxylic acids is 1. The minimum absolute atomic E-state index is 0.203. The third kappa shape index (κ3) is 2.49. The molecule has 19 heavy (non-hydrogen) atoms. The van der Waals surface area contributed by atoms with Crippen LogP contribution in [0, 0.1) is 0 Å². The molecule has 2 aromatic rings. The smallest absolute Gasteiger partial charge is 0.325 e. The van der Waals surface area contributed by atoms with Crippen molar-refractivity contribution in [3.8, 4) is 0 Å². The van der Waals surface area contributed by atoms with E-state index in [1.807, 2.05) is 20.8 Å². The number of nitrogens with one attached hydrogen (secondary N) is 1. The lowest BCUT2D eigenvalue weighted by Gasteiger charge is -2.19. The molecule has 0 unspecified atom stereocenters. The van der Waals surface area contributed by atoms with Crippen LogP contribution in [0.2, 0.25) is 0 Å². The largest absolute Gasteiger partial charge is 0.480 e. The van der Waals surface area contributed by atoms with Gasteiger partial charge in [0.05, 0.1) is 17.1 Å². The Morgan fingerprint density at radius 3 is 2.68 bits per heavy atom. The summed E-state index contributed by atoms with van der Waals surface area (Å²) in [7, 11) is 0. The van der Waals surface area contributed by atoms with Crippen LogP contribution in [0.25, 0.3) is 11.0 Å². The lowest BCUT2D eigenvalue weighted by atomic mass is 10.1. The number of hydrogen-bond donors (Lipinski definition) is 2. The third-order valence-corrected chi connectivity index (χ3v) is 2.72. The topological polar surface area (TPSA) is 92.9 Å². The van der Waals surface area contributed by atoms with Crippen molar-refractivity contribution in [2.24, 2.45) is 0 Å². The van der Waals surface area contributed by atoms with Crippen molar-refractivity contribution >= 4 is 22.8 Å². The van der Waals surface area contributed by atoms with E-state index in [9.17, 15) is 4.79 Å². The Bertz CT molecular complexity index is 614. The molecular weight excluding hydrogens is 246 g/mol. The number of rotatable bonds is 3. The first-order valence-electron chi connectivity index (χ1n) is 5.99. The molecule has 0 aliphatic carbocycles. The van der Waals surface area contributed by atoms with Crippen LogP contribution in [-0.2, 0) is 10.3 Å². The number of carboxylic acid groups (broad SMARTS) is 1. The van der Waals surface area contributed by atoms with Crippen molar-refractivity contribution in [3.63, 3.8) is 0 Å². The van der Waals surface area contributed by atoms with Gasteiger partial charge in [-0.15, -0.1) is 0 Å². The molecule has 0 bridgehead atoms. The van der Waals surface area contributed by atoms with E-state index in [0.29, 0.717) is 16.9 Å². The summed E-state index contributed by atoms with van der Waals surface area (Å²) in [5.74, 6) is -0.453. The van der Waals surface area contributed by atoms with Gasteiger partial charge >= 0.3 is 5.97 Å². The third-order valence-electron chi connectivity index (χ3n) is 2.72. The first-order valence-corrected chi connectivity index (χ1v) is 5.99. The van der Waals surface area contributed by atoms with Crippen LogP contribution < -0.4 is 5.32 Å². The zero-order valence-corrected chi connectivity index (χ0v) is 11.4. The number of aromatic nitrogens is 4. The average molecular weight is 263 g/mol. The Morgan fingerprint density at radius 1 is 1.42 bits per heavy atom. The van der Waals surface area contributed by atoms with Gasteiger partial charge in [0.2, 0.25) is 0 Å². The SMILES string of the molecule is C[C@@H](Nc1ncnc2c1cnn2C(C)(C)C)C(=O)O. The van der Waals surface area contributed by atoms with Crippen molar-refractivity contribution in [2.75, 3.05) is 5.32 Å². The summed E-state index contributed by atoms with van der Waals surface area (Å²) in [6, 6.07) is -0.726. The van der Waals surface area contributed by atoms with Gasteiger partial charge in [-0.2, -0.15) is 5.10 Å². The van der Waals surface area contributed by atoms with E-state index in [1.54, 1.807) is 17.8 Å². The summed E-state index contributed by atoms with van der Waals surface area (Å²) in [5.41, 5.74) is 0.480. The fraction of sp³-hybridized carbons (Fsp3) is 0.500. The summed E-state index contributed by atoms with van der Waals surface area (Å²) < 4.78 is 1.79. The molecule has 7 nitrogen and oxygen atoms in total. The second-order valence-corrected chi connectivity index (χ2v) is 5.39. The molecular formula is C12H17N5O2. The highest BCUT2D eigenvalue weighted by atomic mass is 16.4. The first-order chi connectivity index (χ1) is 8.80. The molecule has 2 rings (SSSR count). The second-order valence-electron chi connectivity index (χ2n) is 5.39. The summed E-state index contributed by atoms with van der Waals surface area (Å²) in [4.78, 5) is 19.2. The van der Waals surface area contributed by atoms with E-state index in [0.717, 1.165) is 0 Å². The molecule has 0 saturated heterocycles. The number of carboxylic acids is 1. The maximum Gasteiger partial charge on any atom is 0.325 e. The number of hydrogen-bond acceptors (Lipinski definition) is 5. The quantitative estimate of drug-likeness (QED) is 0.871. The van der Waals surface area contributed by atoms with Gasteiger partial charge in [0.1, 0.15) is 18.2 Å². The summed E-state index contributed by atoms with van der Waals surface area (Å²) in [5, 5.41) is 16.8. The van der Waals surface area contributed by atoms with E-state index < -0.39 is 12.0 Å². The number of anilines is 1. The second kappa shape index (κ2) is 4.49. The highest BCUT2D eigenvalue weighted by Crippen LogP contribution is 2.24. The van der Waals surface area contributed by atoms with E-state index in [2.05, 4.69) is 20.4 Å². The van der Waals surface area contributed by atoms with Crippen LogP contribution in [0.1, 0.15) is 27.7 Å². The van der Waals surface area contributed by atoms with E-state index in [1.165, 1.54) is 6.33 Å². The van der Waals surface area contributed by atoms with Gasteiger partial charge in [0.15, 0.2) is 5.65 Å². The maximum atomic E-state index is 10.9. The van der Waals surface area contributed by atoms with Gasteiger partial charge in [-0.1, -0.05) is 0 Å². The van der Waals surface area contributed by atoms with Gasteiger partial charge in [-0.05, 0) is 27.7 Å². The standard InChI is InChI=1S/C12H17N5O2/c1-7(11(18)19)16-9-8-5-15-17(12(2,3)4)10(8)14-6-13-9/h5-7H,1-4H3,(H,18,19)(H,13,14,16)/t7-/m1/s1. The molecule has 2 N–H and O–H groups in total. The summed E-state index contributed by atoms with van der Waals surface area (Å²) in [6.07, 6.45) is 3.06. The molecule has 1 atom stereocenters. The monoisotopic (exact) mass is 263 g/mol. The van der Waals surface area contributed by atoms with E-state index >= 15 is 0 Å². The predicted molar refractivity (Wildman–Crippen MR) is 71.0 cm³/mol. The zero-order chi connectivity index (χ0) is 14.2. The molecule has 0 fully saturated rings. The van der Waals surface area contributed by atoms with Gasteiger partial charge in [0, 0.05) is 0 Å². The molecule has 2 aromatic heterocycles. The van der Waals surface area contributed by atoms with Crippen molar-refractivity contribution in [3.05, 3.63) is 12.5 Å². The van der Waals surface area contributed by atoms with Gasteiger partial charge in [0.25, 0.3) is 0 Å². The normalized spacial score (nSPS) is 13.5. The Morgan fingerprint density at radius 2 is 2.11 bits per heavy atom. The molecule has 0 aromatic carbocycles. The van der Waals surface area contributed by atoms with Crippen molar-refractivity contribution in [1.82, 2.24) is 19.7 Å². The Hall–Kier alpha value is -2.18. The van der Waals surface area contributed by atoms with Crippen LogP contribution in [0.5, 0.6) is 0 Å². The fourth-order valence-corrected chi connectivity index (χ4v) is 1.72. The zero-order valence-electron chi connectivity index (χ0n) is 11.4. The number of nitrogens with zero attached hydrogens (tertiary/aromatic N) is 4. The molecule has 7 heteroatoms.